The topological polar surface area (TPSA) is 99.1 Å². The van der Waals surface area contributed by atoms with E-state index in [1.165, 1.54) is 7.11 Å². The van der Waals surface area contributed by atoms with Crippen molar-refractivity contribution in [3.05, 3.63) is 46.8 Å². The average Bonchev–Trinajstić information content (AvgIpc) is 2.62. The monoisotopic (exact) mass is 385 g/mol. The number of benzene rings is 1. The van der Waals surface area contributed by atoms with Crippen LogP contribution in [-0.4, -0.2) is 24.5 Å². The van der Waals surface area contributed by atoms with Gasteiger partial charge in [0.2, 0.25) is 0 Å². The van der Waals surface area contributed by atoms with Gasteiger partial charge in [0.05, 0.1) is 12.7 Å². The van der Waals surface area contributed by atoms with Crippen molar-refractivity contribution in [2.24, 2.45) is 5.41 Å². The zero-order valence-corrected chi connectivity index (χ0v) is 16.6. The summed E-state index contributed by atoms with van der Waals surface area (Å²) in [6.07, 6.45) is 0. The molecule has 8 heteroatoms. The van der Waals surface area contributed by atoms with Crippen LogP contribution in [0.4, 0.5) is 21.7 Å². The molecule has 0 bridgehead atoms. The summed E-state index contributed by atoms with van der Waals surface area (Å²) < 4.78 is 14.3. The molecule has 1 aromatic heterocycles. The van der Waals surface area contributed by atoms with Gasteiger partial charge in [-0.3, -0.25) is 9.63 Å². The van der Waals surface area contributed by atoms with Crippen LogP contribution in [0.2, 0.25) is 0 Å². The second-order valence-electron chi connectivity index (χ2n) is 7.53. The van der Waals surface area contributed by atoms with Gasteiger partial charge in [-0.1, -0.05) is 26.8 Å². The molecule has 0 unspecified atom stereocenters. The molecule has 0 saturated carbocycles. The van der Waals surface area contributed by atoms with E-state index in [-0.39, 0.29) is 22.6 Å². The molecule has 7 nitrogen and oxygen atoms in total. The van der Waals surface area contributed by atoms with Crippen LogP contribution in [0.25, 0.3) is 0 Å². The second kappa shape index (κ2) is 8.67. The SMILES string of the molecule is CONC(=O)c1ccc(C)c(Nc2nc(NCC(C)(C)C)c(F)cc2C#N)c1. The molecule has 0 aliphatic rings. The van der Waals surface area contributed by atoms with E-state index in [0.717, 1.165) is 11.6 Å². The highest BCUT2D eigenvalue weighted by atomic mass is 19.1. The highest BCUT2D eigenvalue weighted by Gasteiger charge is 2.16. The van der Waals surface area contributed by atoms with Crippen LogP contribution in [-0.2, 0) is 4.84 Å². The molecule has 0 saturated heterocycles. The van der Waals surface area contributed by atoms with Crippen molar-refractivity contribution in [2.75, 3.05) is 24.3 Å². The van der Waals surface area contributed by atoms with Crippen molar-refractivity contribution in [1.29, 1.82) is 5.26 Å². The quantitative estimate of drug-likeness (QED) is 0.653. The van der Waals surface area contributed by atoms with Gasteiger partial charge in [0.1, 0.15) is 6.07 Å². The number of aryl methyl sites for hydroxylation is 1. The number of carbonyl (C=O) groups excluding carboxylic acids is 1. The van der Waals surface area contributed by atoms with E-state index in [1.807, 2.05) is 33.8 Å². The third-order valence-corrected chi connectivity index (χ3v) is 3.83. The van der Waals surface area contributed by atoms with Crippen LogP contribution in [0, 0.1) is 29.5 Å². The fourth-order valence-corrected chi connectivity index (χ4v) is 2.32. The lowest BCUT2D eigenvalue weighted by Gasteiger charge is -2.20. The highest BCUT2D eigenvalue weighted by molar-refractivity contribution is 5.94. The number of nitrogens with zero attached hydrogens (tertiary/aromatic N) is 2. The molecular weight excluding hydrogens is 361 g/mol. The number of hydrogen-bond donors (Lipinski definition) is 3. The van der Waals surface area contributed by atoms with Gasteiger partial charge in [-0.2, -0.15) is 5.26 Å². The predicted octanol–water partition coefficient (Wildman–Crippen LogP) is 3.89. The lowest BCUT2D eigenvalue weighted by molar-refractivity contribution is 0.0537. The molecule has 0 aliphatic carbocycles. The maximum atomic E-state index is 14.3. The van der Waals surface area contributed by atoms with Crippen molar-refractivity contribution in [3.8, 4) is 6.07 Å². The molecule has 0 atom stereocenters. The number of nitrogens with one attached hydrogen (secondary N) is 3. The Labute approximate surface area is 163 Å². The van der Waals surface area contributed by atoms with E-state index in [2.05, 4.69) is 25.9 Å². The summed E-state index contributed by atoms with van der Waals surface area (Å²) in [7, 11) is 1.35. The van der Waals surface area contributed by atoms with E-state index in [4.69, 9.17) is 0 Å². The molecule has 2 rings (SSSR count). The first-order chi connectivity index (χ1) is 13.1. The number of carbonyl (C=O) groups is 1. The van der Waals surface area contributed by atoms with E-state index in [1.54, 1.807) is 18.2 Å². The Morgan fingerprint density at radius 3 is 2.61 bits per heavy atom. The standard InChI is InChI=1S/C20H24FN5O2/c1-12-6-7-13(19(27)26-28-5)9-16(12)24-17-14(10-22)8-15(21)18(25-17)23-11-20(2,3)4/h6-9H,11H2,1-5H3,(H,26,27)(H2,23,24,25). The van der Waals surface area contributed by atoms with Crippen LogP contribution in [0.5, 0.6) is 0 Å². The number of rotatable bonds is 6. The zero-order chi connectivity index (χ0) is 20.9. The zero-order valence-electron chi connectivity index (χ0n) is 16.6. The molecule has 148 valence electrons. The molecule has 1 aromatic carbocycles. The average molecular weight is 385 g/mol. The number of hydroxylamine groups is 1. The van der Waals surface area contributed by atoms with E-state index in [9.17, 15) is 14.4 Å². The molecule has 0 radical (unpaired) electrons. The molecule has 28 heavy (non-hydrogen) atoms. The van der Waals surface area contributed by atoms with Crippen LogP contribution >= 0.6 is 0 Å². The number of hydrogen-bond acceptors (Lipinski definition) is 6. The largest absolute Gasteiger partial charge is 0.367 e. The first-order valence-corrected chi connectivity index (χ1v) is 8.70. The Bertz CT molecular complexity index is 916. The Hall–Kier alpha value is -3.18. The third kappa shape index (κ3) is 5.41. The minimum Gasteiger partial charge on any atom is -0.367 e. The lowest BCUT2D eigenvalue weighted by atomic mass is 9.97. The Morgan fingerprint density at radius 2 is 2.00 bits per heavy atom. The summed E-state index contributed by atoms with van der Waals surface area (Å²) >= 11 is 0. The third-order valence-electron chi connectivity index (χ3n) is 3.83. The summed E-state index contributed by atoms with van der Waals surface area (Å²) in [6, 6.07) is 8.09. The Balaban J connectivity index is 2.38. The van der Waals surface area contributed by atoms with Gasteiger partial charge in [-0.05, 0) is 36.1 Å². The summed E-state index contributed by atoms with van der Waals surface area (Å²) in [4.78, 5) is 20.9. The number of pyridine rings is 1. The van der Waals surface area contributed by atoms with Crippen molar-refractivity contribution in [1.82, 2.24) is 10.5 Å². The van der Waals surface area contributed by atoms with Gasteiger partial charge in [0, 0.05) is 17.8 Å². The molecule has 0 fully saturated rings. The van der Waals surface area contributed by atoms with E-state index >= 15 is 0 Å². The molecule has 1 amide bonds. The van der Waals surface area contributed by atoms with Crippen LogP contribution in [0.1, 0.15) is 42.3 Å². The number of halogens is 1. The first-order valence-electron chi connectivity index (χ1n) is 8.70. The summed E-state index contributed by atoms with van der Waals surface area (Å²) in [5.74, 6) is -0.753. The summed E-state index contributed by atoms with van der Waals surface area (Å²) in [5.41, 5.74) is 3.99. The molecule has 0 spiro atoms. The van der Waals surface area contributed by atoms with E-state index in [0.29, 0.717) is 17.8 Å². The van der Waals surface area contributed by atoms with Crippen LogP contribution in [0.15, 0.2) is 24.3 Å². The first kappa shape index (κ1) is 21.1. The van der Waals surface area contributed by atoms with Gasteiger partial charge >= 0.3 is 0 Å². The minimum absolute atomic E-state index is 0.0577. The van der Waals surface area contributed by atoms with Crippen LogP contribution in [0.3, 0.4) is 0 Å². The van der Waals surface area contributed by atoms with Crippen LogP contribution < -0.4 is 16.1 Å². The maximum Gasteiger partial charge on any atom is 0.274 e. The van der Waals surface area contributed by atoms with Crippen molar-refractivity contribution in [3.63, 3.8) is 0 Å². The van der Waals surface area contributed by atoms with Crippen molar-refractivity contribution in [2.45, 2.75) is 27.7 Å². The van der Waals surface area contributed by atoms with Crippen molar-refractivity contribution >= 4 is 23.2 Å². The van der Waals surface area contributed by atoms with Gasteiger partial charge in [0.25, 0.3) is 5.91 Å². The number of anilines is 3. The second-order valence-corrected chi connectivity index (χ2v) is 7.53. The van der Waals surface area contributed by atoms with Gasteiger partial charge in [-0.25, -0.2) is 14.9 Å². The van der Waals surface area contributed by atoms with E-state index < -0.39 is 11.7 Å². The summed E-state index contributed by atoms with van der Waals surface area (Å²) in [5, 5.41) is 15.4. The predicted molar refractivity (Wildman–Crippen MR) is 106 cm³/mol. The number of amides is 1. The number of nitriles is 1. The van der Waals surface area contributed by atoms with Crippen molar-refractivity contribution < 1.29 is 14.0 Å². The molecular formula is C20H24FN5O2. The highest BCUT2D eigenvalue weighted by Crippen LogP contribution is 2.26. The molecule has 3 N–H and O–H groups in total. The normalized spacial score (nSPS) is 10.9. The minimum atomic E-state index is -0.601. The fourth-order valence-electron chi connectivity index (χ4n) is 2.32. The fraction of sp³-hybridized carbons (Fsp3) is 0.350. The summed E-state index contributed by atoms with van der Waals surface area (Å²) in [6.45, 7) is 8.39. The van der Waals surface area contributed by atoms with Gasteiger partial charge in [0.15, 0.2) is 17.5 Å². The smallest absolute Gasteiger partial charge is 0.274 e. The number of aromatic nitrogens is 1. The Morgan fingerprint density at radius 1 is 1.29 bits per heavy atom. The molecule has 0 aliphatic heterocycles. The maximum absolute atomic E-state index is 14.3. The molecule has 2 aromatic rings. The Kier molecular flexibility index (Phi) is 6.54. The van der Waals surface area contributed by atoms with Gasteiger partial charge in [-0.15, -0.1) is 0 Å². The lowest BCUT2D eigenvalue weighted by Crippen LogP contribution is -2.22. The molecule has 1 heterocycles. The van der Waals surface area contributed by atoms with Gasteiger partial charge < -0.3 is 10.6 Å².